The first-order valence-electron chi connectivity index (χ1n) is 13.6. The lowest BCUT2D eigenvalue weighted by molar-refractivity contribution is 0.667. The maximum absolute atomic E-state index is 4.57. The van der Waals surface area contributed by atoms with Crippen molar-refractivity contribution in [3.8, 4) is 33.5 Å². The van der Waals surface area contributed by atoms with Crippen molar-refractivity contribution in [3.05, 3.63) is 139 Å². The summed E-state index contributed by atoms with van der Waals surface area (Å²) in [6.45, 7) is 4.80. The Balaban J connectivity index is 1.36. The largest absolute Gasteiger partial charge is 0.256 e. The summed E-state index contributed by atoms with van der Waals surface area (Å²) in [5, 5.41) is 8.05. The summed E-state index contributed by atoms with van der Waals surface area (Å²) in [6.07, 6.45) is 1.86. The van der Waals surface area contributed by atoms with E-state index in [1.807, 2.05) is 18.3 Å². The molecule has 0 saturated heterocycles. The van der Waals surface area contributed by atoms with Crippen molar-refractivity contribution in [2.75, 3.05) is 0 Å². The van der Waals surface area contributed by atoms with Gasteiger partial charge in [0.25, 0.3) is 0 Å². The standard InChI is InChI=1S/C38H27N/c1-38(2)34-23-25(24-10-9-11-26(22-24)35-16-7-8-21-39-35)17-18-30(34)33-20-19-32-29-14-4-3-12-27(29)28-13-5-6-15-31(28)36(32)37(33)38/h3-23H,1-2H3. The van der Waals surface area contributed by atoms with Gasteiger partial charge in [0.1, 0.15) is 0 Å². The van der Waals surface area contributed by atoms with Crippen LogP contribution in [0.3, 0.4) is 0 Å². The predicted molar refractivity (Wildman–Crippen MR) is 165 cm³/mol. The van der Waals surface area contributed by atoms with Gasteiger partial charge in [0.15, 0.2) is 0 Å². The average Bonchev–Trinajstić information content (AvgIpc) is 3.23. The molecule has 0 saturated carbocycles. The number of hydrogen-bond donors (Lipinski definition) is 0. The van der Waals surface area contributed by atoms with Gasteiger partial charge < -0.3 is 0 Å². The molecule has 1 heteroatoms. The van der Waals surface area contributed by atoms with Crippen molar-refractivity contribution in [2.24, 2.45) is 0 Å². The number of fused-ring (bicyclic) bond motifs is 10. The molecule has 0 spiro atoms. The number of hydrogen-bond acceptors (Lipinski definition) is 1. The van der Waals surface area contributed by atoms with Crippen molar-refractivity contribution >= 4 is 32.3 Å². The van der Waals surface area contributed by atoms with Crippen LogP contribution in [0.1, 0.15) is 25.0 Å². The number of aromatic nitrogens is 1. The first kappa shape index (κ1) is 22.3. The van der Waals surface area contributed by atoms with Gasteiger partial charge in [0, 0.05) is 17.2 Å². The minimum absolute atomic E-state index is 0.135. The van der Waals surface area contributed by atoms with Gasteiger partial charge in [0.05, 0.1) is 5.69 Å². The van der Waals surface area contributed by atoms with Crippen LogP contribution in [0, 0.1) is 0 Å². The molecule has 0 atom stereocenters. The molecule has 0 N–H and O–H groups in total. The minimum atomic E-state index is -0.135. The van der Waals surface area contributed by atoms with Gasteiger partial charge in [0.2, 0.25) is 0 Å². The van der Waals surface area contributed by atoms with Crippen molar-refractivity contribution in [1.82, 2.24) is 4.98 Å². The summed E-state index contributed by atoms with van der Waals surface area (Å²) < 4.78 is 0. The molecule has 1 aliphatic carbocycles. The molecule has 0 amide bonds. The molecule has 0 bridgehead atoms. The van der Waals surface area contributed by atoms with E-state index in [-0.39, 0.29) is 5.41 Å². The smallest absolute Gasteiger partial charge is 0.0702 e. The lowest BCUT2D eigenvalue weighted by Gasteiger charge is -2.25. The van der Waals surface area contributed by atoms with Crippen LogP contribution < -0.4 is 0 Å². The van der Waals surface area contributed by atoms with Gasteiger partial charge >= 0.3 is 0 Å². The fraction of sp³-hybridized carbons (Fsp3) is 0.0789. The number of rotatable bonds is 2. The van der Waals surface area contributed by atoms with Gasteiger partial charge in [-0.05, 0) is 90.0 Å². The van der Waals surface area contributed by atoms with Crippen molar-refractivity contribution in [1.29, 1.82) is 0 Å². The van der Waals surface area contributed by atoms with Crippen LogP contribution in [0.2, 0.25) is 0 Å². The monoisotopic (exact) mass is 497 g/mol. The maximum atomic E-state index is 4.57. The Morgan fingerprint density at radius 2 is 1.10 bits per heavy atom. The predicted octanol–water partition coefficient (Wildman–Crippen LogP) is 10.2. The Morgan fingerprint density at radius 3 is 1.85 bits per heavy atom. The third-order valence-corrected chi connectivity index (χ3v) is 8.67. The molecule has 0 unspecified atom stereocenters. The first-order chi connectivity index (χ1) is 19.1. The van der Waals surface area contributed by atoms with Crippen LogP contribution in [0.4, 0.5) is 0 Å². The van der Waals surface area contributed by atoms with Crippen LogP contribution in [0.5, 0.6) is 0 Å². The second kappa shape index (κ2) is 8.12. The van der Waals surface area contributed by atoms with Crippen molar-refractivity contribution in [2.45, 2.75) is 19.3 Å². The number of nitrogens with zero attached hydrogens (tertiary/aromatic N) is 1. The second-order valence-corrected chi connectivity index (χ2v) is 11.2. The third kappa shape index (κ3) is 3.17. The van der Waals surface area contributed by atoms with Crippen LogP contribution in [-0.4, -0.2) is 4.98 Å². The Kier molecular flexibility index (Phi) is 4.63. The molecule has 7 aromatic rings. The van der Waals surface area contributed by atoms with E-state index >= 15 is 0 Å². The topological polar surface area (TPSA) is 12.9 Å². The number of pyridine rings is 1. The van der Waals surface area contributed by atoms with Crippen LogP contribution >= 0.6 is 0 Å². The lowest BCUT2D eigenvalue weighted by atomic mass is 9.78. The van der Waals surface area contributed by atoms with Crippen LogP contribution in [-0.2, 0) is 5.41 Å². The molecule has 1 heterocycles. The molecule has 1 aliphatic rings. The Labute approximate surface area is 228 Å². The summed E-state index contributed by atoms with van der Waals surface area (Å²) in [5.41, 5.74) is 10.00. The molecule has 0 aliphatic heterocycles. The molecule has 1 aromatic heterocycles. The molecule has 0 radical (unpaired) electrons. The molecule has 1 nitrogen and oxygen atoms in total. The van der Waals surface area contributed by atoms with E-state index < -0.39 is 0 Å². The molecule has 39 heavy (non-hydrogen) atoms. The first-order valence-corrected chi connectivity index (χ1v) is 13.6. The highest BCUT2D eigenvalue weighted by Gasteiger charge is 2.37. The minimum Gasteiger partial charge on any atom is -0.256 e. The maximum Gasteiger partial charge on any atom is 0.0702 e. The summed E-state index contributed by atoms with van der Waals surface area (Å²) in [6, 6.07) is 44.3. The Bertz CT molecular complexity index is 2050. The number of benzene rings is 6. The fourth-order valence-corrected chi connectivity index (χ4v) is 6.87. The molecule has 184 valence electrons. The van der Waals surface area contributed by atoms with E-state index in [9.17, 15) is 0 Å². The summed E-state index contributed by atoms with van der Waals surface area (Å²) >= 11 is 0. The Hall–Kier alpha value is -4.75. The van der Waals surface area contributed by atoms with Gasteiger partial charge in [-0.3, -0.25) is 4.98 Å². The lowest BCUT2D eigenvalue weighted by Crippen LogP contribution is -2.15. The van der Waals surface area contributed by atoms with E-state index in [0.717, 1.165) is 11.3 Å². The normalized spacial score (nSPS) is 13.6. The second-order valence-electron chi connectivity index (χ2n) is 11.2. The van der Waals surface area contributed by atoms with Gasteiger partial charge in [-0.25, -0.2) is 0 Å². The van der Waals surface area contributed by atoms with Crippen molar-refractivity contribution in [3.63, 3.8) is 0 Å². The van der Waals surface area contributed by atoms with Crippen LogP contribution in [0.15, 0.2) is 128 Å². The quantitative estimate of drug-likeness (QED) is 0.217. The molecule has 6 aromatic carbocycles. The SMILES string of the molecule is CC1(C)c2cc(-c3cccc(-c4ccccn4)c3)ccc2-c2ccc3c4ccccc4c4ccccc4c3c21. The van der Waals surface area contributed by atoms with Crippen molar-refractivity contribution < 1.29 is 0 Å². The van der Waals surface area contributed by atoms with Gasteiger partial charge in [-0.1, -0.05) is 111 Å². The van der Waals surface area contributed by atoms with Crippen LogP contribution in [0.25, 0.3) is 65.8 Å². The van der Waals surface area contributed by atoms with E-state index in [4.69, 9.17) is 0 Å². The third-order valence-electron chi connectivity index (χ3n) is 8.67. The van der Waals surface area contributed by atoms with E-state index in [1.165, 1.54) is 65.7 Å². The highest BCUT2D eigenvalue weighted by Crippen LogP contribution is 2.54. The molecular weight excluding hydrogens is 470 g/mol. The highest BCUT2D eigenvalue weighted by molar-refractivity contribution is 6.27. The molecule has 0 fully saturated rings. The zero-order chi connectivity index (χ0) is 26.1. The zero-order valence-electron chi connectivity index (χ0n) is 22.1. The van der Waals surface area contributed by atoms with E-state index in [2.05, 4.69) is 128 Å². The Morgan fingerprint density at radius 1 is 0.487 bits per heavy atom. The molecule has 8 rings (SSSR count). The van der Waals surface area contributed by atoms with Gasteiger partial charge in [-0.15, -0.1) is 0 Å². The highest BCUT2D eigenvalue weighted by atomic mass is 14.7. The average molecular weight is 498 g/mol. The van der Waals surface area contributed by atoms with E-state index in [0.29, 0.717) is 0 Å². The van der Waals surface area contributed by atoms with E-state index in [1.54, 1.807) is 0 Å². The summed E-state index contributed by atoms with van der Waals surface area (Å²) in [4.78, 5) is 4.57. The summed E-state index contributed by atoms with van der Waals surface area (Å²) in [5.74, 6) is 0. The molecular formula is C38H27N. The zero-order valence-corrected chi connectivity index (χ0v) is 22.1. The fourth-order valence-electron chi connectivity index (χ4n) is 6.87. The summed E-state index contributed by atoms with van der Waals surface area (Å²) in [7, 11) is 0. The van der Waals surface area contributed by atoms with Gasteiger partial charge in [-0.2, -0.15) is 0 Å².